The monoisotopic (exact) mass is 472 g/mol. The average molecular weight is 473 g/mol. The van der Waals surface area contributed by atoms with Crippen molar-refractivity contribution in [2.75, 3.05) is 11.9 Å². The van der Waals surface area contributed by atoms with Crippen LogP contribution in [-0.2, 0) is 16.0 Å². The summed E-state index contributed by atoms with van der Waals surface area (Å²) in [5.74, 6) is -0.284. The van der Waals surface area contributed by atoms with Crippen LogP contribution in [0.2, 0.25) is 5.02 Å². The van der Waals surface area contributed by atoms with E-state index in [-0.39, 0.29) is 0 Å². The second-order valence-electron chi connectivity index (χ2n) is 7.97. The molecule has 34 heavy (non-hydrogen) atoms. The van der Waals surface area contributed by atoms with Gasteiger partial charge in [-0.05, 0) is 66.8 Å². The van der Waals surface area contributed by atoms with Gasteiger partial charge in [0, 0.05) is 5.39 Å². The Hall–Kier alpha value is -3.90. The van der Waals surface area contributed by atoms with Crippen molar-refractivity contribution >= 4 is 51.7 Å². The van der Waals surface area contributed by atoms with Crippen LogP contribution in [-0.4, -0.2) is 23.5 Å². The van der Waals surface area contributed by atoms with E-state index >= 15 is 0 Å². The maximum absolute atomic E-state index is 13.3. The van der Waals surface area contributed by atoms with Gasteiger partial charge in [0.15, 0.2) is 6.61 Å². The maximum atomic E-state index is 13.3. The highest BCUT2D eigenvalue weighted by molar-refractivity contribution is 6.33. The first-order valence-electron chi connectivity index (χ1n) is 11.0. The summed E-state index contributed by atoms with van der Waals surface area (Å²) in [5.41, 5.74) is 4.22. The Kier molecular flexibility index (Phi) is 6.14. The molecule has 2 aromatic heterocycles. The van der Waals surface area contributed by atoms with Crippen LogP contribution in [0.3, 0.4) is 0 Å². The number of allylic oxidation sites excluding steroid dienone is 1. The van der Waals surface area contributed by atoms with Gasteiger partial charge in [-0.15, -0.1) is 0 Å². The van der Waals surface area contributed by atoms with E-state index < -0.39 is 18.5 Å². The summed E-state index contributed by atoms with van der Waals surface area (Å²) in [5, 5.41) is 3.78. The van der Waals surface area contributed by atoms with Crippen LogP contribution in [0.4, 0.5) is 5.69 Å². The molecule has 7 heteroatoms. The zero-order chi connectivity index (χ0) is 23.5. The predicted molar refractivity (Wildman–Crippen MR) is 132 cm³/mol. The van der Waals surface area contributed by atoms with Crippen molar-refractivity contribution in [3.05, 3.63) is 94.5 Å². The number of hydrogen-bond acceptors (Lipinski definition) is 5. The second kappa shape index (κ2) is 9.53. The van der Waals surface area contributed by atoms with Crippen molar-refractivity contribution in [1.82, 2.24) is 4.98 Å². The fourth-order valence-corrected chi connectivity index (χ4v) is 4.39. The maximum Gasteiger partial charge on any atom is 0.339 e. The smallest absolute Gasteiger partial charge is 0.339 e. The highest BCUT2D eigenvalue weighted by Crippen LogP contribution is 2.36. The van der Waals surface area contributed by atoms with Crippen molar-refractivity contribution < 1.29 is 18.7 Å². The lowest BCUT2D eigenvalue weighted by atomic mass is 9.86. The molecular formula is C27H21ClN2O4. The normalized spacial score (nSPS) is 14.1. The van der Waals surface area contributed by atoms with Crippen molar-refractivity contribution in [2.24, 2.45) is 0 Å². The fourth-order valence-electron chi connectivity index (χ4n) is 4.21. The Labute approximate surface area is 201 Å². The highest BCUT2D eigenvalue weighted by atomic mass is 35.5. The standard InChI is InChI=1S/C27H21ClN2O4/c28-21-11-2-4-13-23(21)29-24(31)16-34-27(32)25-19-9-1-3-12-22(19)30-26-17(7-5-10-20(25)26)15-18-8-6-14-33-18/h1-4,6,8-9,11-15H,5,7,10,16H2,(H,29,31)/b17-15-. The van der Waals surface area contributed by atoms with Crippen LogP contribution < -0.4 is 5.32 Å². The molecule has 0 saturated carbocycles. The number of aromatic nitrogens is 1. The van der Waals surface area contributed by atoms with Crippen molar-refractivity contribution in [2.45, 2.75) is 19.3 Å². The van der Waals surface area contributed by atoms with Crippen molar-refractivity contribution in [3.8, 4) is 0 Å². The molecule has 2 aromatic carbocycles. The number of para-hydroxylation sites is 2. The van der Waals surface area contributed by atoms with Gasteiger partial charge in [-0.25, -0.2) is 9.78 Å². The highest BCUT2D eigenvalue weighted by Gasteiger charge is 2.26. The van der Waals surface area contributed by atoms with Crippen LogP contribution in [0.25, 0.3) is 22.6 Å². The van der Waals surface area contributed by atoms with E-state index in [1.54, 1.807) is 30.5 Å². The molecule has 5 rings (SSSR count). The van der Waals surface area contributed by atoms with Gasteiger partial charge in [0.25, 0.3) is 5.91 Å². The first kappa shape index (κ1) is 21.9. The van der Waals surface area contributed by atoms with Gasteiger partial charge in [-0.1, -0.05) is 41.9 Å². The number of anilines is 1. The molecule has 0 radical (unpaired) electrons. The van der Waals surface area contributed by atoms with E-state index in [0.717, 1.165) is 35.4 Å². The largest absolute Gasteiger partial charge is 0.465 e. The number of carbonyl (C=O) groups is 2. The number of fused-ring (bicyclic) bond motifs is 2. The summed E-state index contributed by atoms with van der Waals surface area (Å²) in [7, 11) is 0. The van der Waals surface area contributed by atoms with Crippen molar-refractivity contribution in [1.29, 1.82) is 0 Å². The van der Waals surface area contributed by atoms with Crippen LogP contribution >= 0.6 is 11.6 Å². The van der Waals surface area contributed by atoms with Gasteiger partial charge in [0.05, 0.1) is 33.7 Å². The first-order chi connectivity index (χ1) is 16.6. The third-order valence-electron chi connectivity index (χ3n) is 5.72. The van der Waals surface area contributed by atoms with Gasteiger partial charge >= 0.3 is 5.97 Å². The molecule has 0 spiro atoms. The number of hydrogen-bond donors (Lipinski definition) is 1. The number of rotatable bonds is 5. The summed E-state index contributed by atoms with van der Waals surface area (Å²) in [6, 6.07) is 18.1. The molecule has 0 fully saturated rings. The van der Waals surface area contributed by atoms with E-state index in [1.807, 2.05) is 42.5 Å². The molecule has 4 aromatic rings. The molecule has 1 amide bonds. The lowest BCUT2D eigenvalue weighted by molar-refractivity contribution is -0.119. The van der Waals surface area contributed by atoms with Gasteiger partial charge in [0.2, 0.25) is 0 Å². The number of ether oxygens (including phenoxy) is 1. The van der Waals surface area contributed by atoms with E-state index in [9.17, 15) is 9.59 Å². The summed E-state index contributed by atoms with van der Waals surface area (Å²) < 4.78 is 10.9. The molecule has 1 N–H and O–H groups in total. The number of amides is 1. The predicted octanol–water partition coefficient (Wildman–Crippen LogP) is 6.15. The Bertz CT molecular complexity index is 1410. The number of pyridine rings is 1. The third kappa shape index (κ3) is 4.45. The summed E-state index contributed by atoms with van der Waals surface area (Å²) in [4.78, 5) is 30.6. The Morgan fingerprint density at radius 1 is 1.06 bits per heavy atom. The summed E-state index contributed by atoms with van der Waals surface area (Å²) >= 11 is 6.09. The average Bonchev–Trinajstić information content (AvgIpc) is 3.36. The fraction of sp³-hybridized carbons (Fsp3) is 0.148. The Morgan fingerprint density at radius 3 is 2.71 bits per heavy atom. The minimum absolute atomic E-state index is 0.409. The number of carbonyl (C=O) groups excluding carboxylic acids is 2. The van der Waals surface area contributed by atoms with E-state index in [1.165, 1.54) is 0 Å². The third-order valence-corrected chi connectivity index (χ3v) is 6.05. The SMILES string of the molecule is O=C(COC(=O)c1c2c(nc3ccccc13)/C(=C\c1ccco1)CCC2)Nc1ccccc1Cl. The zero-order valence-corrected chi connectivity index (χ0v) is 19.0. The topological polar surface area (TPSA) is 81.4 Å². The first-order valence-corrected chi connectivity index (χ1v) is 11.4. The van der Waals surface area contributed by atoms with Crippen LogP contribution in [0.15, 0.2) is 71.3 Å². The molecule has 0 aliphatic heterocycles. The van der Waals surface area contributed by atoms with E-state index in [0.29, 0.717) is 33.6 Å². The summed E-state index contributed by atoms with van der Waals surface area (Å²) in [6.45, 7) is -0.426. The van der Waals surface area contributed by atoms with Crippen molar-refractivity contribution in [3.63, 3.8) is 0 Å². The number of furan rings is 1. The number of halogens is 1. The van der Waals surface area contributed by atoms with E-state index in [2.05, 4.69) is 5.32 Å². The molecule has 0 saturated heterocycles. The summed E-state index contributed by atoms with van der Waals surface area (Å²) in [6.07, 6.45) is 5.98. The zero-order valence-electron chi connectivity index (χ0n) is 18.2. The lowest BCUT2D eigenvalue weighted by Gasteiger charge is -2.22. The number of benzene rings is 2. The molecule has 0 bridgehead atoms. The molecule has 170 valence electrons. The number of nitrogens with one attached hydrogen (secondary N) is 1. The lowest BCUT2D eigenvalue weighted by Crippen LogP contribution is -2.22. The molecule has 1 aliphatic carbocycles. The molecule has 1 aliphatic rings. The van der Waals surface area contributed by atoms with Crippen LogP contribution in [0.5, 0.6) is 0 Å². The molecule has 0 atom stereocenters. The van der Waals surface area contributed by atoms with Crippen LogP contribution in [0, 0.1) is 0 Å². The van der Waals surface area contributed by atoms with Crippen LogP contribution in [0.1, 0.15) is 40.2 Å². The van der Waals surface area contributed by atoms with E-state index in [4.69, 9.17) is 25.7 Å². The molecular weight excluding hydrogens is 452 g/mol. The minimum atomic E-state index is -0.552. The van der Waals surface area contributed by atoms with Gasteiger partial charge in [-0.3, -0.25) is 4.79 Å². The second-order valence-corrected chi connectivity index (χ2v) is 8.38. The molecule has 2 heterocycles. The quantitative estimate of drug-likeness (QED) is 0.352. The number of nitrogens with zero attached hydrogens (tertiary/aromatic N) is 1. The number of esters is 1. The molecule has 6 nitrogen and oxygen atoms in total. The molecule has 0 unspecified atom stereocenters. The Morgan fingerprint density at radius 2 is 1.88 bits per heavy atom. The van der Waals surface area contributed by atoms with Gasteiger partial charge in [-0.2, -0.15) is 0 Å². The van der Waals surface area contributed by atoms with Gasteiger partial charge < -0.3 is 14.5 Å². The minimum Gasteiger partial charge on any atom is -0.465 e. The van der Waals surface area contributed by atoms with Gasteiger partial charge in [0.1, 0.15) is 5.76 Å². The Balaban J connectivity index is 1.46.